The summed E-state index contributed by atoms with van der Waals surface area (Å²) in [4.78, 5) is 13.7. The molecule has 35 heavy (non-hydrogen) atoms. The van der Waals surface area contributed by atoms with E-state index in [1.807, 2.05) is 6.92 Å². The van der Waals surface area contributed by atoms with Crippen molar-refractivity contribution in [2.45, 2.75) is 102 Å². The molecule has 198 valence electrons. The van der Waals surface area contributed by atoms with Gasteiger partial charge in [-0.15, -0.1) is 0 Å². The predicted octanol–water partition coefficient (Wildman–Crippen LogP) is 0.240. The number of aliphatic hydroxyl groups excluding tert-OH is 6. The Morgan fingerprint density at radius 2 is 1.80 bits per heavy atom. The summed E-state index contributed by atoms with van der Waals surface area (Å²) in [5.74, 6) is -0.723. The summed E-state index contributed by atoms with van der Waals surface area (Å²) in [6.07, 6.45) is -3.80. The van der Waals surface area contributed by atoms with E-state index < -0.39 is 71.7 Å². The Morgan fingerprint density at radius 3 is 2.49 bits per heavy atom. The van der Waals surface area contributed by atoms with E-state index in [4.69, 9.17) is 9.47 Å². The second-order valence-corrected chi connectivity index (χ2v) is 12.4. The van der Waals surface area contributed by atoms with E-state index in [1.165, 1.54) is 0 Å². The van der Waals surface area contributed by atoms with Gasteiger partial charge in [-0.25, -0.2) is 0 Å². The normalized spacial score (nSPS) is 55.7. The number of hydrogen-bond donors (Lipinski definition) is 6. The van der Waals surface area contributed by atoms with Crippen molar-refractivity contribution in [3.8, 4) is 0 Å². The molecule has 9 heteroatoms. The average molecular weight is 497 g/mol. The number of hydrogen-bond acceptors (Lipinski definition) is 9. The fourth-order valence-electron chi connectivity index (χ4n) is 9.12. The SMILES string of the molecule is C=C1[C@@H]2C[C@H](O)[C@H]3[C@]4(C)CCC[C@@](C)(C(=O)O[C@@H]5O[C@H](CO)[C@@H](O)[C@H](O)[C@H]5O)[C@H]4CC[C@]3(C2)[C@@H]1O. The van der Waals surface area contributed by atoms with Crippen molar-refractivity contribution in [1.82, 2.24) is 0 Å². The lowest BCUT2D eigenvalue weighted by atomic mass is 9.40. The van der Waals surface area contributed by atoms with Gasteiger partial charge in [0.05, 0.1) is 24.2 Å². The van der Waals surface area contributed by atoms with Gasteiger partial charge < -0.3 is 40.1 Å². The van der Waals surface area contributed by atoms with Gasteiger partial charge in [0, 0.05) is 5.41 Å². The van der Waals surface area contributed by atoms with Crippen LogP contribution in [0.1, 0.15) is 58.8 Å². The van der Waals surface area contributed by atoms with Crippen LogP contribution in [0.5, 0.6) is 0 Å². The van der Waals surface area contributed by atoms with Crippen LogP contribution < -0.4 is 0 Å². The maximum Gasteiger partial charge on any atom is 0.314 e. The summed E-state index contributed by atoms with van der Waals surface area (Å²) in [5, 5.41) is 62.6. The van der Waals surface area contributed by atoms with Gasteiger partial charge in [-0.05, 0) is 74.2 Å². The lowest BCUT2D eigenvalue weighted by Gasteiger charge is -2.64. The fraction of sp³-hybridized carbons (Fsp3) is 0.885. The number of aliphatic hydroxyl groups is 6. The van der Waals surface area contributed by atoms with Gasteiger partial charge in [0.15, 0.2) is 0 Å². The van der Waals surface area contributed by atoms with Crippen LogP contribution in [0.3, 0.4) is 0 Å². The highest BCUT2D eigenvalue weighted by Gasteiger charge is 2.70. The molecule has 0 aromatic rings. The van der Waals surface area contributed by atoms with Crippen LogP contribution in [0.4, 0.5) is 0 Å². The smallest absolute Gasteiger partial charge is 0.314 e. The Bertz CT molecular complexity index is 877. The standard InChI is InChI=1S/C26H40O9/c1-12-13-9-14(28)20-24(2)6-4-7-25(3,16(24)5-8-26(20,10-13)21(12)32)23(33)35-22-19(31)18(30)17(29)15(11-27)34-22/h13-22,27-32H,1,4-11H2,2-3H3/t13-,14+,15-,16+,17-,18+,19-,20+,21-,22+,24-,25-,26-/m1/s1. The zero-order valence-electron chi connectivity index (χ0n) is 20.5. The van der Waals surface area contributed by atoms with Crippen LogP contribution in [0.2, 0.25) is 0 Å². The Hall–Kier alpha value is -1.07. The molecule has 1 spiro atoms. The molecule has 5 rings (SSSR count). The topological polar surface area (TPSA) is 157 Å². The molecule has 1 saturated heterocycles. The lowest BCUT2D eigenvalue weighted by Crippen LogP contribution is -2.64. The first-order valence-electron chi connectivity index (χ1n) is 13.0. The highest BCUT2D eigenvalue weighted by molar-refractivity contribution is 5.77. The minimum absolute atomic E-state index is 0.121. The molecule has 2 bridgehead atoms. The molecule has 0 unspecified atom stereocenters. The van der Waals surface area contributed by atoms with Crippen LogP contribution in [-0.4, -0.2) is 86.1 Å². The Kier molecular flexibility index (Phi) is 6.19. The van der Waals surface area contributed by atoms with E-state index >= 15 is 0 Å². The maximum atomic E-state index is 13.7. The fourth-order valence-corrected chi connectivity index (χ4v) is 9.12. The van der Waals surface area contributed by atoms with Gasteiger partial charge in [-0.1, -0.05) is 19.9 Å². The van der Waals surface area contributed by atoms with Crippen molar-refractivity contribution in [2.24, 2.45) is 34.0 Å². The second kappa shape index (κ2) is 8.48. The number of ether oxygens (including phenoxy) is 2. The molecule has 1 heterocycles. The Morgan fingerprint density at radius 1 is 1.09 bits per heavy atom. The Labute approximate surface area is 205 Å². The molecule has 6 N–H and O–H groups in total. The first-order chi connectivity index (χ1) is 16.4. The molecular weight excluding hydrogens is 456 g/mol. The molecule has 5 fully saturated rings. The zero-order chi connectivity index (χ0) is 25.5. The van der Waals surface area contributed by atoms with E-state index in [0.717, 1.165) is 24.8 Å². The summed E-state index contributed by atoms with van der Waals surface area (Å²) in [7, 11) is 0. The monoisotopic (exact) mass is 496 g/mol. The lowest BCUT2D eigenvalue weighted by molar-refractivity contribution is -0.298. The van der Waals surface area contributed by atoms with Crippen LogP contribution in [0.15, 0.2) is 12.2 Å². The van der Waals surface area contributed by atoms with Crippen molar-refractivity contribution < 1.29 is 44.9 Å². The molecule has 0 aromatic heterocycles. The molecule has 9 nitrogen and oxygen atoms in total. The van der Waals surface area contributed by atoms with Crippen molar-refractivity contribution in [1.29, 1.82) is 0 Å². The van der Waals surface area contributed by atoms with E-state index in [-0.39, 0.29) is 17.8 Å². The van der Waals surface area contributed by atoms with Crippen LogP contribution in [0.25, 0.3) is 0 Å². The van der Waals surface area contributed by atoms with Crippen LogP contribution in [-0.2, 0) is 14.3 Å². The average Bonchev–Trinajstić information content (AvgIpc) is 2.99. The van der Waals surface area contributed by atoms with Gasteiger partial charge in [0.25, 0.3) is 0 Å². The zero-order valence-corrected chi connectivity index (χ0v) is 20.5. The number of carbonyl (C=O) groups is 1. The minimum atomic E-state index is -1.65. The van der Waals surface area contributed by atoms with Gasteiger partial charge in [-0.2, -0.15) is 0 Å². The summed E-state index contributed by atoms with van der Waals surface area (Å²) in [6, 6.07) is 0. The summed E-state index contributed by atoms with van der Waals surface area (Å²) >= 11 is 0. The molecule has 0 amide bonds. The Balaban J connectivity index is 1.42. The molecule has 4 aliphatic carbocycles. The third-order valence-electron chi connectivity index (χ3n) is 10.7. The molecule has 0 radical (unpaired) electrons. The van der Waals surface area contributed by atoms with E-state index in [2.05, 4.69) is 13.5 Å². The largest absolute Gasteiger partial charge is 0.432 e. The van der Waals surface area contributed by atoms with Crippen molar-refractivity contribution in [2.75, 3.05) is 6.61 Å². The highest BCUT2D eigenvalue weighted by atomic mass is 16.7. The van der Waals surface area contributed by atoms with Crippen LogP contribution in [0, 0.1) is 34.0 Å². The highest BCUT2D eigenvalue weighted by Crippen LogP contribution is 2.72. The van der Waals surface area contributed by atoms with Gasteiger partial charge in [-0.3, -0.25) is 4.79 Å². The van der Waals surface area contributed by atoms with E-state index in [0.29, 0.717) is 25.7 Å². The molecule has 0 aromatic carbocycles. The van der Waals surface area contributed by atoms with Gasteiger partial charge >= 0.3 is 5.97 Å². The van der Waals surface area contributed by atoms with E-state index in [9.17, 15) is 35.4 Å². The number of rotatable bonds is 3. The van der Waals surface area contributed by atoms with Gasteiger partial charge in [0.1, 0.15) is 24.4 Å². The van der Waals surface area contributed by atoms with Crippen LogP contribution >= 0.6 is 0 Å². The van der Waals surface area contributed by atoms with Gasteiger partial charge in [0.2, 0.25) is 6.29 Å². The number of carbonyl (C=O) groups excluding carboxylic acids is 1. The summed E-state index contributed by atoms with van der Waals surface area (Å²) in [6.45, 7) is 7.55. The minimum Gasteiger partial charge on any atom is -0.432 e. The third kappa shape index (κ3) is 3.42. The maximum absolute atomic E-state index is 13.7. The molecule has 13 atom stereocenters. The molecule has 4 saturated carbocycles. The first kappa shape index (κ1) is 25.6. The molecular formula is C26H40O9. The number of esters is 1. The van der Waals surface area contributed by atoms with Crippen molar-refractivity contribution in [3.05, 3.63) is 12.2 Å². The van der Waals surface area contributed by atoms with Crippen molar-refractivity contribution in [3.63, 3.8) is 0 Å². The quantitative estimate of drug-likeness (QED) is 0.238. The number of fused-ring (bicyclic) bond motifs is 3. The summed E-state index contributed by atoms with van der Waals surface area (Å²) < 4.78 is 11.1. The van der Waals surface area contributed by atoms with E-state index in [1.54, 1.807) is 0 Å². The third-order valence-corrected chi connectivity index (χ3v) is 10.7. The second-order valence-electron chi connectivity index (χ2n) is 12.4. The summed E-state index contributed by atoms with van der Waals surface area (Å²) in [5.41, 5.74) is -0.932. The first-order valence-corrected chi connectivity index (χ1v) is 13.0. The predicted molar refractivity (Wildman–Crippen MR) is 122 cm³/mol. The molecule has 1 aliphatic heterocycles. The van der Waals surface area contributed by atoms with Crippen molar-refractivity contribution >= 4 is 5.97 Å². The molecule has 5 aliphatic rings.